The molecule has 1 heterocycles. The van der Waals surface area contributed by atoms with Crippen molar-refractivity contribution in [2.45, 2.75) is 13.1 Å². The third kappa shape index (κ3) is 5.51. The number of phenolic OH excluding ortho intramolecular Hbond substituents is 1. The van der Waals surface area contributed by atoms with E-state index in [9.17, 15) is 19.8 Å². The van der Waals surface area contributed by atoms with Crippen LogP contribution in [-0.2, 0) is 13.1 Å². The van der Waals surface area contributed by atoms with E-state index in [1.54, 1.807) is 30.3 Å². The van der Waals surface area contributed by atoms with Gasteiger partial charge in [0.1, 0.15) is 5.75 Å². The highest BCUT2D eigenvalue weighted by molar-refractivity contribution is 6.03. The molecule has 6 nitrogen and oxygen atoms in total. The van der Waals surface area contributed by atoms with Crippen LogP contribution in [-0.4, -0.2) is 26.7 Å². The van der Waals surface area contributed by atoms with Crippen LogP contribution in [0.4, 0.5) is 0 Å². The van der Waals surface area contributed by atoms with Crippen molar-refractivity contribution >= 4 is 22.8 Å². The number of carboxylic acid groups (broad SMARTS) is 1. The first kappa shape index (κ1) is 26.6. The highest BCUT2D eigenvalue weighted by atomic mass is 16.4. The second-order valence-electron chi connectivity index (χ2n) is 10.2. The van der Waals surface area contributed by atoms with E-state index in [2.05, 4.69) is 28.2 Å². The molecule has 0 aliphatic heterocycles. The molecule has 1 amide bonds. The number of hydrogen-bond acceptors (Lipinski definition) is 3. The van der Waals surface area contributed by atoms with Gasteiger partial charge in [-0.2, -0.15) is 0 Å². The lowest BCUT2D eigenvalue weighted by Crippen LogP contribution is -2.22. The van der Waals surface area contributed by atoms with Crippen molar-refractivity contribution in [3.8, 4) is 28.0 Å². The number of benzene rings is 5. The quantitative estimate of drug-likeness (QED) is 0.184. The first-order valence-electron chi connectivity index (χ1n) is 13.6. The summed E-state index contributed by atoms with van der Waals surface area (Å²) < 4.78 is 2.17. The van der Waals surface area contributed by atoms with Crippen LogP contribution in [0.25, 0.3) is 33.2 Å². The summed E-state index contributed by atoms with van der Waals surface area (Å²) >= 11 is 0. The Morgan fingerprint density at radius 1 is 0.690 bits per heavy atom. The molecule has 0 saturated heterocycles. The van der Waals surface area contributed by atoms with Gasteiger partial charge in [-0.05, 0) is 64.2 Å². The fourth-order valence-electron chi connectivity index (χ4n) is 5.28. The number of amides is 1. The topological polar surface area (TPSA) is 91.6 Å². The Hall–Kier alpha value is -5.62. The number of aromatic nitrogens is 1. The van der Waals surface area contributed by atoms with Gasteiger partial charge >= 0.3 is 5.97 Å². The first-order valence-corrected chi connectivity index (χ1v) is 13.6. The standard InChI is InChI=1S/C36H28N2O4/c39-29-10-6-7-25(19-29)21-37-35(40)28-17-18-34-32(20-28)33(26-8-2-1-3-9-26)23-38(34)22-24-13-15-27(16-14-24)30-11-4-5-12-31(30)36(41)42/h1-20,23,39H,21-22H2,(H,37,40)(H,41,42). The normalized spacial score (nSPS) is 11.0. The van der Waals surface area contributed by atoms with Crippen LogP contribution in [0.5, 0.6) is 5.75 Å². The number of aromatic hydroxyl groups is 1. The van der Waals surface area contributed by atoms with Crippen LogP contribution in [0.3, 0.4) is 0 Å². The smallest absolute Gasteiger partial charge is 0.336 e. The molecule has 0 atom stereocenters. The number of nitrogens with one attached hydrogen (secondary N) is 1. The van der Waals surface area contributed by atoms with Crippen molar-refractivity contribution in [3.05, 3.63) is 150 Å². The van der Waals surface area contributed by atoms with Crippen molar-refractivity contribution in [1.29, 1.82) is 0 Å². The average molecular weight is 553 g/mol. The van der Waals surface area contributed by atoms with Crippen LogP contribution in [0.2, 0.25) is 0 Å². The van der Waals surface area contributed by atoms with Gasteiger partial charge in [0.05, 0.1) is 5.56 Å². The van der Waals surface area contributed by atoms with Crippen LogP contribution in [0.15, 0.2) is 128 Å². The Balaban J connectivity index is 1.31. The Bertz CT molecular complexity index is 1910. The number of hydrogen-bond donors (Lipinski definition) is 3. The monoisotopic (exact) mass is 552 g/mol. The number of rotatable bonds is 8. The third-order valence-corrected chi connectivity index (χ3v) is 7.37. The number of aromatic carboxylic acids is 1. The summed E-state index contributed by atoms with van der Waals surface area (Å²) in [6.45, 7) is 0.915. The molecule has 6 aromatic rings. The summed E-state index contributed by atoms with van der Waals surface area (Å²) in [5, 5.41) is 23.2. The van der Waals surface area contributed by atoms with Gasteiger partial charge in [-0.3, -0.25) is 4.79 Å². The van der Waals surface area contributed by atoms with Gasteiger partial charge in [-0.15, -0.1) is 0 Å². The maximum Gasteiger partial charge on any atom is 0.336 e. The highest BCUT2D eigenvalue weighted by Crippen LogP contribution is 2.32. The summed E-state index contributed by atoms with van der Waals surface area (Å²) in [7, 11) is 0. The molecule has 42 heavy (non-hydrogen) atoms. The maximum absolute atomic E-state index is 13.1. The Morgan fingerprint density at radius 3 is 2.19 bits per heavy atom. The lowest BCUT2D eigenvalue weighted by molar-refractivity contribution is 0.0697. The van der Waals surface area contributed by atoms with Gasteiger partial charge in [0.2, 0.25) is 0 Å². The van der Waals surface area contributed by atoms with Gasteiger partial charge in [0.25, 0.3) is 5.91 Å². The molecule has 1 aromatic heterocycles. The van der Waals surface area contributed by atoms with Crippen LogP contribution >= 0.6 is 0 Å². The molecule has 0 spiro atoms. The van der Waals surface area contributed by atoms with Gasteiger partial charge in [-0.25, -0.2) is 4.79 Å². The molecule has 0 aliphatic carbocycles. The number of carbonyl (C=O) groups is 2. The Kier molecular flexibility index (Phi) is 7.26. The maximum atomic E-state index is 13.1. The molecular weight excluding hydrogens is 524 g/mol. The molecule has 6 rings (SSSR count). The fraction of sp³-hybridized carbons (Fsp3) is 0.0556. The molecule has 0 unspecified atom stereocenters. The van der Waals surface area contributed by atoms with E-state index in [1.807, 2.05) is 78.9 Å². The SMILES string of the molecule is O=C(NCc1cccc(O)c1)c1ccc2c(c1)c(-c1ccccc1)cn2Cc1ccc(-c2ccccc2C(=O)O)cc1. The molecule has 6 heteroatoms. The van der Waals surface area contributed by atoms with Crippen LogP contribution in [0.1, 0.15) is 31.8 Å². The fourth-order valence-corrected chi connectivity index (χ4v) is 5.28. The zero-order valence-corrected chi connectivity index (χ0v) is 22.7. The lowest BCUT2D eigenvalue weighted by atomic mass is 9.99. The minimum absolute atomic E-state index is 0.164. The van der Waals surface area contributed by atoms with E-state index in [1.165, 1.54) is 0 Å². The van der Waals surface area contributed by atoms with E-state index in [0.29, 0.717) is 24.2 Å². The van der Waals surface area contributed by atoms with E-state index >= 15 is 0 Å². The van der Waals surface area contributed by atoms with E-state index in [0.717, 1.165) is 38.7 Å². The number of phenols is 1. The van der Waals surface area contributed by atoms with Gasteiger partial charge in [-0.1, -0.05) is 84.9 Å². The second kappa shape index (κ2) is 11.5. The lowest BCUT2D eigenvalue weighted by Gasteiger charge is -2.10. The van der Waals surface area contributed by atoms with Crippen molar-refractivity contribution < 1.29 is 19.8 Å². The molecule has 0 fully saturated rings. The minimum atomic E-state index is -0.950. The zero-order valence-electron chi connectivity index (χ0n) is 22.7. The molecule has 3 N–H and O–H groups in total. The molecule has 0 aliphatic rings. The number of carbonyl (C=O) groups excluding carboxylic acids is 1. The highest BCUT2D eigenvalue weighted by Gasteiger charge is 2.15. The van der Waals surface area contributed by atoms with Crippen molar-refractivity contribution in [1.82, 2.24) is 9.88 Å². The van der Waals surface area contributed by atoms with Crippen molar-refractivity contribution in [2.24, 2.45) is 0 Å². The molecule has 206 valence electrons. The molecule has 0 bridgehead atoms. The molecule has 0 saturated carbocycles. The number of nitrogens with zero attached hydrogens (tertiary/aromatic N) is 1. The predicted molar refractivity (Wildman–Crippen MR) is 165 cm³/mol. The molecule has 0 radical (unpaired) electrons. The summed E-state index contributed by atoms with van der Waals surface area (Å²) in [5.41, 5.74) is 7.33. The number of carboxylic acids is 1. The minimum Gasteiger partial charge on any atom is -0.508 e. The summed E-state index contributed by atoms with van der Waals surface area (Å²) in [6, 6.07) is 37.6. The van der Waals surface area contributed by atoms with E-state index < -0.39 is 5.97 Å². The summed E-state index contributed by atoms with van der Waals surface area (Å²) in [5.74, 6) is -0.977. The predicted octanol–water partition coefficient (Wildman–Crippen LogP) is 7.36. The Labute approximate surface area is 243 Å². The number of fused-ring (bicyclic) bond motifs is 1. The van der Waals surface area contributed by atoms with Gasteiger partial charge in [0.15, 0.2) is 0 Å². The van der Waals surface area contributed by atoms with Crippen molar-refractivity contribution in [3.63, 3.8) is 0 Å². The van der Waals surface area contributed by atoms with Gasteiger partial charge < -0.3 is 20.1 Å². The van der Waals surface area contributed by atoms with Gasteiger partial charge in [0, 0.05) is 41.3 Å². The van der Waals surface area contributed by atoms with Crippen LogP contribution in [0, 0.1) is 0 Å². The first-order chi connectivity index (χ1) is 20.5. The average Bonchev–Trinajstić information content (AvgIpc) is 3.38. The third-order valence-electron chi connectivity index (χ3n) is 7.37. The summed E-state index contributed by atoms with van der Waals surface area (Å²) in [6.07, 6.45) is 2.11. The zero-order chi connectivity index (χ0) is 29.1. The van der Waals surface area contributed by atoms with E-state index in [4.69, 9.17) is 0 Å². The molecule has 5 aromatic carbocycles. The Morgan fingerprint density at radius 2 is 1.43 bits per heavy atom. The largest absolute Gasteiger partial charge is 0.508 e. The van der Waals surface area contributed by atoms with Crippen LogP contribution < -0.4 is 5.32 Å². The second-order valence-corrected chi connectivity index (χ2v) is 10.2. The van der Waals surface area contributed by atoms with Crippen molar-refractivity contribution in [2.75, 3.05) is 0 Å². The van der Waals surface area contributed by atoms with E-state index in [-0.39, 0.29) is 17.2 Å². The molecular formula is C36H28N2O4. The summed E-state index contributed by atoms with van der Waals surface area (Å²) in [4.78, 5) is 24.8.